The van der Waals surface area contributed by atoms with Gasteiger partial charge >= 0.3 is 0 Å². The molecule has 0 N–H and O–H groups in total. The van der Waals surface area contributed by atoms with Gasteiger partial charge in [-0.05, 0) is 18.2 Å². The van der Waals surface area contributed by atoms with Crippen molar-refractivity contribution in [3.63, 3.8) is 0 Å². The van der Waals surface area contributed by atoms with Crippen molar-refractivity contribution in [1.82, 2.24) is 13.8 Å². The van der Waals surface area contributed by atoms with Crippen LogP contribution in [0.2, 0.25) is 0 Å². The van der Waals surface area contributed by atoms with Gasteiger partial charge in [0.1, 0.15) is 0 Å². The minimum absolute atomic E-state index is 0.0371. The number of carbonyl (C=O) groups excluding carboxylic acids is 1. The van der Waals surface area contributed by atoms with E-state index >= 15 is 0 Å². The highest BCUT2D eigenvalue weighted by Crippen LogP contribution is 2.21. The SMILES string of the molecule is Cn1ccc2c(C(=O)N3CCN(S(C)(=O)=O)CC3)cccc21. The number of aryl methyl sites for hydroxylation is 1. The molecule has 6 nitrogen and oxygen atoms in total. The highest BCUT2D eigenvalue weighted by atomic mass is 32.2. The lowest BCUT2D eigenvalue weighted by Crippen LogP contribution is -2.50. The minimum atomic E-state index is -3.18. The first kappa shape index (κ1) is 15.1. The van der Waals surface area contributed by atoms with Gasteiger partial charge in [-0.1, -0.05) is 6.07 Å². The third-order valence-electron chi connectivity index (χ3n) is 4.15. The Balaban J connectivity index is 1.83. The van der Waals surface area contributed by atoms with Crippen molar-refractivity contribution in [2.45, 2.75) is 0 Å². The first-order valence-corrected chi connectivity index (χ1v) is 9.01. The molecule has 1 fully saturated rings. The zero-order valence-electron chi connectivity index (χ0n) is 12.7. The monoisotopic (exact) mass is 321 g/mol. The third-order valence-corrected chi connectivity index (χ3v) is 5.46. The van der Waals surface area contributed by atoms with E-state index in [1.54, 1.807) is 4.90 Å². The summed E-state index contributed by atoms with van der Waals surface area (Å²) in [7, 11) is -1.23. The molecular weight excluding hydrogens is 302 g/mol. The third kappa shape index (κ3) is 2.62. The lowest BCUT2D eigenvalue weighted by Gasteiger charge is -2.33. The first-order valence-electron chi connectivity index (χ1n) is 7.16. The summed E-state index contributed by atoms with van der Waals surface area (Å²) in [5.41, 5.74) is 1.69. The Bertz CT molecular complexity index is 818. The van der Waals surface area contributed by atoms with Gasteiger partial charge in [-0.2, -0.15) is 4.31 Å². The number of piperazine rings is 1. The summed E-state index contributed by atoms with van der Waals surface area (Å²) in [6.45, 7) is 1.56. The fraction of sp³-hybridized carbons (Fsp3) is 0.400. The number of carbonyl (C=O) groups is 1. The van der Waals surface area contributed by atoms with Crippen molar-refractivity contribution < 1.29 is 13.2 Å². The highest BCUT2D eigenvalue weighted by Gasteiger charge is 2.27. The summed E-state index contributed by atoms with van der Waals surface area (Å²) in [5.74, 6) is -0.0371. The molecule has 0 unspecified atom stereocenters. The molecule has 0 saturated carbocycles. The van der Waals surface area contributed by atoms with E-state index in [4.69, 9.17) is 0 Å². The van der Waals surface area contributed by atoms with Crippen LogP contribution in [0.1, 0.15) is 10.4 Å². The van der Waals surface area contributed by atoms with Gasteiger partial charge < -0.3 is 9.47 Å². The van der Waals surface area contributed by atoms with E-state index < -0.39 is 10.0 Å². The lowest BCUT2D eigenvalue weighted by molar-refractivity contribution is 0.0700. The smallest absolute Gasteiger partial charge is 0.254 e. The zero-order chi connectivity index (χ0) is 15.9. The molecule has 1 amide bonds. The number of hydrogen-bond donors (Lipinski definition) is 0. The Labute approximate surface area is 130 Å². The maximum atomic E-state index is 12.7. The van der Waals surface area contributed by atoms with Crippen LogP contribution >= 0.6 is 0 Å². The second-order valence-corrected chi connectivity index (χ2v) is 7.60. The Hall–Kier alpha value is -1.86. The number of benzene rings is 1. The maximum Gasteiger partial charge on any atom is 0.254 e. The van der Waals surface area contributed by atoms with Crippen molar-refractivity contribution in [2.75, 3.05) is 32.4 Å². The van der Waals surface area contributed by atoms with Crippen molar-refractivity contribution in [3.05, 3.63) is 36.0 Å². The van der Waals surface area contributed by atoms with E-state index in [0.717, 1.165) is 10.9 Å². The van der Waals surface area contributed by atoms with E-state index in [0.29, 0.717) is 31.7 Å². The van der Waals surface area contributed by atoms with Crippen molar-refractivity contribution >= 4 is 26.8 Å². The van der Waals surface area contributed by atoms with Gasteiger partial charge in [0.05, 0.1) is 6.26 Å². The molecule has 2 heterocycles. The van der Waals surface area contributed by atoms with E-state index in [2.05, 4.69) is 0 Å². The van der Waals surface area contributed by atoms with Crippen molar-refractivity contribution in [2.24, 2.45) is 7.05 Å². The molecule has 1 saturated heterocycles. The molecule has 3 rings (SSSR count). The predicted octanol–water partition coefficient (Wildman–Crippen LogP) is 0.896. The molecule has 1 aromatic heterocycles. The van der Waals surface area contributed by atoms with Gasteiger partial charge in [0.25, 0.3) is 5.91 Å². The van der Waals surface area contributed by atoms with Crippen molar-refractivity contribution in [3.8, 4) is 0 Å². The normalized spacial score (nSPS) is 17.1. The Kier molecular flexibility index (Phi) is 3.70. The molecule has 1 aliphatic heterocycles. The lowest BCUT2D eigenvalue weighted by atomic mass is 10.1. The quantitative estimate of drug-likeness (QED) is 0.825. The average molecular weight is 321 g/mol. The van der Waals surface area contributed by atoms with E-state index in [1.165, 1.54) is 10.6 Å². The molecule has 0 bridgehead atoms. The molecule has 1 aliphatic rings. The van der Waals surface area contributed by atoms with Crippen LogP contribution in [-0.2, 0) is 17.1 Å². The van der Waals surface area contributed by atoms with E-state index in [-0.39, 0.29) is 5.91 Å². The van der Waals surface area contributed by atoms with Crippen LogP contribution in [0.4, 0.5) is 0 Å². The highest BCUT2D eigenvalue weighted by molar-refractivity contribution is 7.88. The van der Waals surface area contributed by atoms with Crippen LogP contribution in [0.3, 0.4) is 0 Å². The van der Waals surface area contributed by atoms with Gasteiger partial charge in [-0.15, -0.1) is 0 Å². The number of nitrogens with zero attached hydrogens (tertiary/aromatic N) is 3. The molecule has 7 heteroatoms. The second-order valence-electron chi connectivity index (χ2n) is 5.62. The predicted molar refractivity (Wildman–Crippen MR) is 85.2 cm³/mol. The zero-order valence-corrected chi connectivity index (χ0v) is 13.5. The van der Waals surface area contributed by atoms with Gasteiger partial charge in [0, 0.05) is 55.9 Å². The van der Waals surface area contributed by atoms with Crippen LogP contribution in [0.15, 0.2) is 30.5 Å². The molecule has 118 valence electrons. The molecule has 0 spiro atoms. The number of aromatic nitrogens is 1. The van der Waals surface area contributed by atoms with Crippen molar-refractivity contribution in [1.29, 1.82) is 0 Å². The number of amides is 1. The molecule has 2 aromatic rings. The Morgan fingerprint density at radius 2 is 1.77 bits per heavy atom. The van der Waals surface area contributed by atoms with Crippen LogP contribution in [0, 0.1) is 0 Å². The fourth-order valence-electron chi connectivity index (χ4n) is 2.88. The topological polar surface area (TPSA) is 62.6 Å². The summed E-state index contributed by atoms with van der Waals surface area (Å²) in [6, 6.07) is 7.62. The van der Waals surface area contributed by atoms with Gasteiger partial charge in [-0.25, -0.2) is 8.42 Å². The molecule has 1 aromatic carbocycles. The summed E-state index contributed by atoms with van der Waals surface area (Å²) < 4.78 is 26.5. The molecule has 0 radical (unpaired) electrons. The number of sulfonamides is 1. The van der Waals surface area contributed by atoms with Gasteiger partial charge in [-0.3, -0.25) is 4.79 Å². The van der Waals surface area contributed by atoms with E-state index in [9.17, 15) is 13.2 Å². The van der Waals surface area contributed by atoms with E-state index in [1.807, 2.05) is 42.1 Å². The Morgan fingerprint density at radius 3 is 2.41 bits per heavy atom. The van der Waals surface area contributed by atoms with Crippen LogP contribution in [0.5, 0.6) is 0 Å². The van der Waals surface area contributed by atoms with Crippen LogP contribution in [0.25, 0.3) is 10.9 Å². The molecule has 0 aliphatic carbocycles. The van der Waals surface area contributed by atoms with Crippen LogP contribution < -0.4 is 0 Å². The average Bonchev–Trinajstić information content (AvgIpc) is 2.87. The van der Waals surface area contributed by atoms with Crippen LogP contribution in [-0.4, -0.2) is 60.5 Å². The Morgan fingerprint density at radius 1 is 1.09 bits per heavy atom. The summed E-state index contributed by atoms with van der Waals surface area (Å²) in [4.78, 5) is 14.5. The standard InChI is InChI=1S/C15H19N3O3S/c1-16-7-6-12-13(4-3-5-14(12)16)15(19)17-8-10-18(11-9-17)22(2,20)21/h3-7H,8-11H2,1-2H3. The first-order chi connectivity index (χ1) is 10.4. The minimum Gasteiger partial charge on any atom is -0.351 e. The van der Waals surface area contributed by atoms with Gasteiger partial charge in [0.2, 0.25) is 10.0 Å². The number of rotatable bonds is 2. The number of fused-ring (bicyclic) bond motifs is 1. The summed E-state index contributed by atoms with van der Waals surface area (Å²) in [5, 5.41) is 0.931. The number of hydrogen-bond acceptors (Lipinski definition) is 3. The molecule has 0 atom stereocenters. The molecule has 22 heavy (non-hydrogen) atoms. The van der Waals surface area contributed by atoms with Gasteiger partial charge in [0.15, 0.2) is 0 Å². The molecular formula is C15H19N3O3S. The largest absolute Gasteiger partial charge is 0.351 e. The summed E-state index contributed by atoms with van der Waals surface area (Å²) in [6.07, 6.45) is 3.14. The second kappa shape index (κ2) is 5.40. The fourth-order valence-corrected chi connectivity index (χ4v) is 3.71. The maximum absolute atomic E-state index is 12.7. The summed E-state index contributed by atoms with van der Waals surface area (Å²) >= 11 is 0.